The largest absolute Gasteiger partial charge is 0.507 e. The SMILES string of the molecule is COc1ccc(O)c(C=Nn2nnnc2Nc2ccccc2)c1. The fourth-order valence-corrected chi connectivity index (χ4v) is 1.87. The van der Waals surface area contributed by atoms with E-state index < -0.39 is 0 Å². The Labute approximate surface area is 132 Å². The molecule has 3 rings (SSSR count). The van der Waals surface area contributed by atoms with Gasteiger partial charge in [-0.05, 0) is 40.8 Å². The molecule has 0 fully saturated rings. The number of methoxy groups -OCH3 is 1. The number of phenolic OH excluding ortho intramolecular Hbond substituents is 1. The maximum Gasteiger partial charge on any atom is 0.269 e. The van der Waals surface area contributed by atoms with Crippen molar-refractivity contribution in [2.75, 3.05) is 12.4 Å². The van der Waals surface area contributed by atoms with Crippen molar-refractivity contribution >= 4 is 17.9 Å². The second kappa shape index (κ2) is 6.56. The van der Waals surface area contributed by atoms with Crippen LogP contribution in [-0.4, -0.2) is 38.7 Å². The van der Waals surface area contributed by atoms with Crippen LogP contribution in [0.15, 0.2) is 53.6 Å². The summed E-state index contributed by atoms with van der Waals surface area (Å²) in [5.74, 6) is 1.05. The Morgan fingerprint density at radius 1 is 1.22 bits per heavy atom. The predicted octanol–water partition coefficient (Wildman–Crippen LogP) is 2.01. The lowest BCUT2D eigenvalue weighted by Gasteiger charge is -2.04. The Kier molecular flexibility index (Phi) is 4.14. The molecule has 0 radical (unpaired) electrons. The smallest absolute Gasteiger partial charge is 0.269 e. The summed E-state index contributed by atoms with van der Waals surface area (Å²) in [4.78, 5) is 1.23. The lowest BCUT2D eigenvalue weighted by atomic mass is 10.2. The molecule has 2 aromatic carbocycles. The topological polar surface area (TPSA) is 97.5 Å². The van der Waals surface area contributed by atoms with E-state index in [0.717, 1.165) is 5.69 Å². The van der Waals surface area contributed by atoms with Gasteiger partial charge in [-0.1, -0.05) is 28.1 Å². The van der Waals surface area contributed by atoms with Gasteiger partial charge in [0, 0.05) is 11.3 Å². The molecule has 0 spiro atoms. The van der Waals surface area contributed by atoms with Crippen LogP contribution in [0.4, 0.5) is 11.6 Å². The van der Waals surface area contributed by atoms with Gasteiger partial charge < -0.3 is 15.2 Å². The predicted molar refractivity (Wildman–Crippen MR) is 85.2 cm³/mol. The molecule has 0 aliphatic rings. The zero-order valence-electron chi connectivity index (χ0n) is 12.3. The highest BCUT2D eigenvalue weighted by Crippen LogP contribution is 2.21. The van der Waals surface area contributed by atoms with Gasteiger partial charge in [0.15, 0.2) is 0 Å². The van der Waals surface area contributed by atoms with Gasteiger partial charge in [0.1, 0.15) is 11.5 Å². The lowest BCUT2D eigenvalue weighted by molar-refractivity contribution is 0.412. The number of hydrogen-bond acceptors (Lipinski definition) is 7. The average molecular weight is 310 g/mol. The third-order valence-corrected chi connectivity index (χ3v) is 3.02. The highest BCUT2D eigenvalue weighted by molar-refractivity contribution is 5.84. The molecule has 116 valence electrons. The third kappa shape index (κ3) is 3.43. The summed E-state index contributed by atoms with van der Waals surface area (Å²) in [6.07, 6.45) is 1.45. The Balaban J connectivity index is 1.82. The second-order valence-electron chi connectivity index (χ2n) is 4.55. The first-order valence-corrected chi connectivity index (χ1v) is 6.78. The van der Waals surface area contributed by atoms with Crippen LogP contribution in [0.3, 0.4) is 0 Å². The fourth-order valence-electron chi connectivity index (χ4n) is 1.87. The number of para-hydroxylation sites is 1. The van der Waals surface area contributed by atoms with E-state index in [4.69, 9.17) is 4.74 Å². The Bertz CT molecular complexity index is 816. The van der Waals surface area contributed by atoms with Crippen LogP contribution in [0.25, 0.3) is 0 Å². The molecule has 8 heteroatoms. The van der Waals surface area contributed by atoms with E-state index in [0.29, 0.717) is 17.3 Å². The van der Waals surface area contributed by atoms with Crippen LogP contribution in [0.5, 0.6) is 11.5 Å². The average Bonchev–Trinajstić information content (AvgIpc) is 3.02. The number of tetrazole rings is 1. The number of phenols is 1. The van der Waals surface area contributed by atoms with Crippen LogP contribution >= 0.6 is 0 Å². The van der Waals surface area contributed by atoms with E-state index in [-0.39, 0.29) is 5.75 Å². The second-order valence-corrected chi connectivity index (χ2v) is 4.55. The molecule has 3 aromatic rings. The van der Waals surface area contributed by atoms with Gasteiger partial charge in [0.05, 0.1) is 13.3 Å². The highest BCUT2D eigenvalue weighted by Gasteiger charge is 2.05. The zero-order valence-corrected chi connectivity index (χ0v) is 12.3. The van der Waals surface area contributed by atoms with Crippen LogP contribution in [0.1, 0.15) is 5.56 Å². The fraction of sp³-hybridized carbons (Fsp3) is 0.0667. The van der Waals surface area contributed by atoms with Crippen LogP contribution in [-0.2, 0) is 0 Å². The molecule has 0 aliphatic carbocycles. The molecular weight excluding hydrogens is 296 g/mol. The standard InChI is InChI=1S/C15H14N6O2/c1-23-13-7-8-14(22)11(9-13)10-16-21-15(18-19-20-21)17-12-5-3-2-4-6-12/h2-10,22H,1H3,(H,17,18,20). The normalized spacial score (nSPS) is 10.8. The molecule has 0 amide bonds. The maximum atomic E-state index is 9.84. The summed E-state index contributed by atoms with van der Waals surface area (Å²) in [5.41, 5.74) is 1.33. The van der Waals surface area contributed by atoms with Crippen molar-refractivity contribution in [2.24, 2.45) is 5.10 Å². The first-order chi connectivity index (χ1) is 11.3. The minimum Gasteiger partial charge on any atom is -0.507 e. The van der Waals surface area contributed by atoms with E-state index in [2.05, 4.69) is 25.9 Å². The van der Waals surface area contributed by atoms with Gasteiger partial charge in [-0.25, -0.2) is 0 Å². The van der Waals surface area contributed by atoms with Crippen molar-refractivity contribution in [3.05, 3.63) is 54.1 Å². The minimum atomic E-state index is 0.0835. The first kappa shape index (κ1) is 14.5. The Morgan fingerprint density at radius 2 is 2.04 bits per heavy atom. The molecule has 2 N–H and O–H groups in total. The summed E-state index contributed by atoms with van der Waals surface area (Å²) < 4.78 is 5.12. The summed E-state index contributed by atoms with van der Waals surface area (Å²) >= 11 is 0. The molecular formula is C15H14N6O2. The molecule has 8 nitrogen and oxygen atoms in total. The summed E-state index contributed by atoms with van der Waals surface area (Å²) in [6.45, 7) is 0. The molecule has 0 saturated carbocycles. The van der Waals surface area contributed by atoms with Crippen LogP contribution in [0.2, 0.25) is 0 Å². The van der Waals surface area contributed by atoms with E-state index >= 15 is 0 Å². The number of aromatic hydroxyl groups is 1. The van der Waals surface area contributed by atoms with Gasteiger partial charge in [0.2, 0.25) is 0 Å². The van der Waals surface area contributed by atoms with Gasteiger partial charge in [-0.3, -0.25) is 0 Å². The number of aromatic nitrogens is 4. The number of nitrogens with one attached hydrogen (secondary N) is 1. The molecule has 1 aromatic heterocycles. The lowest BCUT2D eigenvalue weighted by Crippen LogP contribution is -2.01. The van der Waals surface area contributed by atoms with E-state index in [9.17, 15) is 5.11 Å². The Morgan fingerprint density at radius 3 is 2.83 bits per heavy atom. The quantitative estimate of drug-likeness (QED) is 0.700. The summed E-state index contributed by atoms with van der Waals surface area (Å²) in [5, 5.41) is 28.3. The van der Waals surface area contributed by atoms with Gasteiger partial charge in [0.25, 0.3) is 5.95 Å². The van der Waals surface area contributed by atoms with Gasteiger partial charge in [-0.2, -0.15) is 5.10 Å². The highest BCUT2D eigenvalue weighted by atomic mass is 16.5. The molecule has 1 heterocycles. The Hall–Kier alpha value is -3.42. The first-order valence-electron chi connectivity index (χ1n) is 6.78. The molecule has 0 bridgehead atoms. The van der Waals surface area contributed by atoms with E-state index in [1.807, 2.05) is 30.3 Å². The van der Waals surface area contributed by atoms with E-state index in [1.54, 1.807) is 19.2 Å². The van der Waals surface area contributed by atoms with Crippen molar-refractivity contribution in [1.29, 1.82) is 0 Å². The van der Waals surface area contributed by atoms with Gasteiger partial charge in [-0.15, -0.1) is 0 Å². The number of hydrogen-bond donors (Lipinski definition) is 2. The van der Waals surface area contributed by atoms with Crippen molar-refractivity contribution in [1.82, 2.24) is 20.3 Å². The molecule has 0 saturated heterocycles. The van der Waals surface area contributed by atoms with Crippen LogP contribution < -0.4 is 10.1 Å². The monoisotopic (exact) mass is 310 g/mol. The number of nitrogens with zero attached hydrogens (tertiary/aromatic N) is 5. The van der Waals surface area contributed by atoms with Crippen molar-refractivity contribution in [3.63, 3.8) is 0 Å². The van der Waals surface area contributed by atoms with Crippen molar-refractivity contribution in [2.45, 2.75) is 0 Å². The number of benzene rings is 2. The van der Waals surface area contributed by atoms with Gasteiger partial charge >= 0.3 is 0 Å². The summed E-state index contributed by atoms with van der Waals surface area (Å²) in [7, 11) is 1.55. The molecule has 0 atom stereocenters. The molecule has 0 aliphatic heterocycles. The minimum absolute atomic E-state index is 0.0835. The number of anilines is 2. The van der Waals surface area contributed by atoms with Crippen molar-refractivity contribution in [3.8, 4) is 11.5 Å². The zero-order chi connectivity index (χ0) is 16.1. The van der Waals surface area contributed by atoms with Crippen LogP contribution in [0, 0.1) is 0 Å². The maximum absolute atomic E-state index is 9.84. The number of ether oxygens (including phenoxy) is 1. The number of rotatable bonds is 5. The third-order valence-electron chi connectivity index (χ3n) is 3.02. The van der Waals surface area contributed by atoms with E-state index in [1.165, 1.54) is 17.1 Å². The van der Waals surface area contributed by atoms with Crippen molar-refractivity contribution < 1.29 is 9.84 Å². The summed E-state index contributed by atoms with van der Waals surface area (Å²) in [6, 6.07) is 14.3. The molecule has 0 unspecified atom stereocenters. The molecule has 23 heavy (non-hydrogen) atoms.